The number of thiazole rings is 1. The number of nitrogens with one attached hydrogen (secondary N) is 1. The quantitative estimate of drug-likeness (QED) is 0.528. The number of rotatable bonds is 5. The summed E-state index contributed by atoms with van der Waals surface area (Å²) in [6.45, 7) is 2.52. The maximum absolute atomic E-state index is 12.4. The maximum atomic E-state index is 12.4. The van der Waals surface area contributed by atoms with Crippen molar-refractivity contribution < 1.29 is 13.9 Å². The van der Waals surface area contributed by atoms with Crippen LogP contribution in [0, 0.1) is 0 Å². The molecule has 0 aliphatic rings. The molecule has 130 valence electrons. The van der Waals surface area contributed by atoms with Crippen LogP contribution >= 0.6 is 11.3 Å². The fourth-order valence-electron chi connectivity index (χ4n) is 2.67. The van der Waals surface area contributed by atoms with Crippen molar-refractivity contribution in [3.63, 3.8) is 0 Å². The Labute approximate surface area is 154 Å². The number of para-hydroxylation sites is 2. The first-order valence-electron chi connectivity index (χ1n) is 8.22. The largest absolute Gasteiger partial charge is 0.493 e. The Kier molecular flexibility index (Phi) is 4.41. The van der Waals surface area contributed by atoms with Gasteiger partial charge >= 0.3 is 0 Å². The third-order valence-corrected chi connectivity index (χ3v) is 4.59. The number of hydrogen-bond acceptors (Lipinski definition) is 5. The highest BCUT2D eigenvalue weighted by Crippen LogP contribution is 2.32. The van der Waals surface area contributed by atoms with E-state index in [0.717, 1.165) is 22.4 Å². The van der Waals surface area contributed by atoms with Crippen molar-refractivity contribution in [2.24, 2.45) is 0 Å². The summed E-state index contributed by atoms with van der Waals surface area (Å²) in [6.07, 6.45) is 0. The Balaban J connectivity index is 1.56. The second kappa shape index (κ2) is 7.01. The van der Waals surface area contributed by atoms with E-state index in [2.05, 4.69) is 10.3 Å². The van der Waals surface area contributed by atoms with Gasteiger partial charge in [0.05, 0.1) is 12.3 Å². The lowest BCUT2D eigenvalue weighted by atomic mass is 10.1. The number of carbonyl (C=O) groups is 1. The Bertz CT molecular complexity index is 1030. The Morgan fingerprint density at radius 3 is 2.85 bits per heavy atom. The molecule has 0 aliphatic carbocycles. The highest BCUT2D eigenvalue weighted by molar-refractivity contribution is 7.14. The minimum absolute atomic E-state index is 0.262. The zero-order chi connectivity index (χ0) is 17.9. The third kappa shape index (κ3) is 3.19. The number of amides is 1. The SMILES string of the molecule is CCOc1ccccc1-c1csc(NC(=O)c2cc3ccccc3o2)n1. The first-order valence-corrected chi connectivity index (χ1v) is 9.10. The van der Waals surface area contributed by atoms with E-state index < -0.39 is 0 Å². The Hall–Kier alpha value is -3.12. The number of anilines is 1. The average molecular weight is 364 g/mol. The summed E-state index contributed by atoms with van der Waals surface area (Å²) in [7, 11) is 0. The molecule has 26 heavy (non-hydrogen) atoms. The van der Waals surface area contributed by atoms with Crippen LogP contribution in [0.15, 0.2) is 64.4 Å². The number of aromatic nitrogens is 1. The van der Waals surface area contributed by atoms with E-state index in [1.165, 1.54) is 11.3 Å². The first-order chi connectivity index (χ1) is 12.7. The van der Waals surface area contributed by atoms with E-state index in [9.17, 15) is 4.79 Å². The van der Waals surface area contributed by atoms with Crippen LogP contribution in [0.2, 0.25) is 0 Å². The molecule has 0 atom stereocenters. The predicted molar refractivity (Wildman–Crippen MR) is 103 cm³/mol. The summed E-state index contributed by atoms with van der Waals surface area (Å²) in [5, 5.41) is 6.09. The van der Waals surface area contributed by atoms with Crippen molar-refractivity contribution in [2.45, 2.75) is 6.92 Å². The van der Waals surface area contributed by atoms with Crippen LogP contribution in [0.3, 0.4) is 0 Å². The van der Waals surface area contributed by atoms with Crippen LogP contribution in [0.5, 0.6) is 5.75 Å². The molecule has 4 rings (SSSR count). The van der Waals surface area contributed by atoms with Crippen LogP contribution in [0.25, 0.3) is 22.2 Å². The molecule has 4 aromatic rings. The second-order valence-electron chi connectivity index (χ2n) is 5.57. The molecule has 2 aromatic heterocycles. The van der Waals surface area contributed by atoms with E-state index in [0.29, 0.717) is 17.3 Å². The van der Waals surface area contributed by atoms with Crippen molar-refractivity contribution >= 4 is 33.3 Å². The van der Waals surface area contributed by atoms with Crippen LogP contribution in [0.4, 0.5) is 5.13 Å². The van der Waals surface area contributed by atoms with E-state index in [1.54, 1.807) is 6.07 Å². The standard InChI is InChI=1S/C20H16N2O3S/c1-2-24-17-10-6-4-8-14(17)15-12-26-20(21-15)22-19(23)18-11-13-7-3-5-9-16(13)25-18/h3-12H,2H2,1H3,(H,21,22,23). The van der Waals surface area contributed by atoms with E-state index in [4.69, 9.17) is 9.15 Å². The second-order valence-corrected chi connectivity index (χ2v) is 6.43. The summed E-state index contributed by atoms with van der Waals surface area (Å²) < 4.78 is 11.2. The number of hydrogen-bond donors (Lipinski definition) is 1. The average Bonchev–Trinajstić information content (AvgIpc) is 3.29. The molecule has 1 amide bonds. The van der Waals surface area contributed by atoms with Crippen molar-refractivity contribution in [1.29, 1.82) is 0 Å². The van der Waals surface area contributed by atoms with Gasteiger partial charge in [-0.3, -0.25) is 10.1 Å². The van der Waals surface area contributed by atoms with Crippen LogP contribution < -0.4 is 10.1 Å². The molecule has 2 aromatic carbocycles. The van der Waals surface area contributed by atoms with Crippen molar-refractivity contribution in [2.75, 3.05) is 11.9 Å². The lowest BCUT2D eigenvalue weighted by molar-refractivity contribution is 0.0998. The molecule has 0 spiro atoms. The topological polar surface area (TPSA) is 64.4 Å². The summed E-state index contributed by atoms with van der Waals surface area (Å²) >= 11 is 1.36. The predicted octanol–water partition coefficient (Wildman–Crippen LogP) is 5.21. The first kappa shape index (κ1) is 16.4. The summed E-state index contributed by atoms with van der Waals surface area (Å²) in [6, 6.07) is 17.0. The zero-order valence-corrected chi connectivity index (χ0v) is 14.9. The molecule has 1 N–H and O–H groups in total. The van der Waals surface area contributed by atoms with Gasteiger partial charge in [-0.25, -0.2) is 4.98 Å². The monoisotopic (exact) mass is 364 g/mol. The van der Waals surface area contributed by atoms with Gasteiger partial charge in [0, 0.05) is 16.3 Å². The Morgan fingerprint density at radius 1 is 1.19 bits per heavy atom. The number of carbonyl (C=O) groups excluding carboxylic acids is 1. The van der Waals surface area contributed by atoms with Crippen LogP contribution in [-0.4, -0.2) is 17.5 Å². The van der Waals surface area contributed by atoms with Gasteiger partial charge in [-0.2, -0.15) is 0 Å². The van der Waals surface area contributed by atoms with Crippen LogP contribution in [-0.2, 0) is 0 Å². The molecule has 0 radical (unpaired) electrons. The number of nitrogens with zero attached hydrogens (tertiary/aromatic N) is 1. The summed E-state index contributed by atoms with van der Waals surface area (Å²) in [5.74, 6) is 0.716. The molecular weight excluding hydrogens is 348 g/mol. The molecule has 0 fully saturated rings. The van der Waals surface area contributed by atoms with Gasteiger partial charge in [-0.15, -0.1) is 11.3 Å². The van der Waals surface area contributed by atoms with Gasteiger partial charge in [-0.1, -0.05) is 30.3 Å². The third-order valence-electron chi connectivity index (χ3n) is 3.84. The molecular formula is C20H16N2O3S. The van der Waals surface area contributed by atoms with Crippen LogP contribution in [0.1, 0.15) is 17.5 Å². The highest BCUT2D eigenvalue weighted by Gasteiger charge is 2.15. The fourth-order valence-corrected chi connectivity index (χ4v) is 3.37. The molecule has 5 nitrogen and oxygen atoms in total. The molecule has 0 aliphatic heterocycles. The van der Waals surface area contributed by atoms with Crippen molar-refractivity contribution in [3.8, 4) is 17.0 Å². The molecule has 0 bridgehead atoms. The normalized spacial score (nSPS) is 10.8. The molecule has 2 heterocycles. The van der Waals surface area contributed by atoms with E-state index in [-0.39, 0.29) is 11.7 Å². The van der Waals surface area contributed by atoms with Gasteiger partial charge in [-0.05, 0) is 31.2 Å². The van der Waals surface area contributed by atoms with Gasteiger partial charge < -0.3 is 9.15 Å². The maximum Gasteiger partial charge on any atom is 0.293 e. The molecule has 0 saturated heterocycles. The molecule has 6 heteroatoms. The lowest BCUT2D eigenvalue weighted by Crippen LogP contribution is -2.10. The number of furan rings is 1. The minimum Gasteiger partial charge on any atom is -0.493 e. The van der Waals surface area contributed by atoms with Gasteiger partial charge in [0.2, 0.25) is 0 Å². The number of fused-ring (bicyclic) bond motifs is 1. The zero-order valence-electron chi connectivity index (χ0n) is 14.1. The number of benzene rings is 2. The Morgan fingerprint density at radius 2 is 2.00 bits per heavy atom. The van der Waals surface area contributed by atoms with Crippen molar-refractivity contribution in [1.82, 2.24) is 4.98 Å². The highest BCUT2D eigenvalue weighted by atomic mass is 32.1. The molecule has 0 unspecified atom stereocenters. The molecule has 0 saturated carbocycles. The minimum atomic E-state index is -0.319. The summed E-state index contributed by atoms with van der Waals surface area (Å²) in [4.78, 5) is 16.9. The summed E-state index contributed by atoms with van der Waals surface area (Å²) in [5.41, 5.74) is 2.34. The lowest BCUT2D eigenvalue weighted by Gasteiger charge is -2.07. The number of ether oxygens (including phenoxy) is 1. The fraction of sp³-hybridized carbons (Fsp3) is 0.100. The van der Waals surface area contributed by atoms with Gasteiger partial charge in [0.25, 0.3) is 5.91 Å². The van der Waals surface area contributed by atoms with E-state index >= 15 is 0 Å². The van der Waals surface area contributed by atoms with E-state index in [1.807, 2.05) is 60.8 Å². The van der Waals surface area contributed by atoms with Crippen molar-refractivity contribution in [3.05, 3.63) is 65.7 Å². The van der Waals surface area contributed by atoms with Gasteiger partial charge in [0.1, 0.15) is 11.3 Å². The smallest absolute Gasteiger partial charge is 0.293 e. The van der Waals surface area contributed by atoms with Gasteiger partial charge in [0.15, 0.2) is 10.9 Å².